The van der Waals surface area contributed by atoms with Gasteiger partial charge in [-0.1, -0.05) is 32.1 Å². The summed E-state index contributed by atoms with van der Waals surface area (Å²) in [4.78, 5) is 32.3. The third kappa shape index (κ3) is 9.77. The minimum atomic E-state index is -3.73. The first-order valence-electron chi connectivity index (χ1n) is 19.2. The van der Waals surface area contributed by atoms with Crippen molar-refractivity contribution in [1.82, 2.24) is 18.7 Å². The summed E-state index contributed by atoms with van der Waals surface area (Å²) in [5.74, 6) is -1.44. The van der Waals surface area contributed by atoms with E-state index >= 15 is 4.39 Å². The molecule has 1 N–H and O–H groups in total. The van der Waals surface area contributed by atoms with Gasteiger partial charge in [0.05, 0.1) is 17.4 Å². The van der Waals surface area contributed by atoms with Crippen molar-refractivity contribution >= 4 is 44.8 Å². The summed E-state index contributed by atoms with van der Waals surface area (Å²) in [5.41, 5.74) is 2.68. The second-order valence-corrected chi connectivity index (χ2v) is 17.3. The van der Waals surface area contributed by atoms with Gasteiger partial charge in [0, 0.05) is 82.7 Å². The Labute approximate surface area is 323 Å². The number of carbonyl (C=O) groups is 2. The Hall–Kier alpha value is -4.24. The lowest BCUT2D eigenvalue weighted by molar-refractivity contribution is -0.151. The predicted octanol–water partition coefficient (Wildman–Crippen LogP) is 5.27. The number of rotatable bonds is 6. The van der Waals surface area contributed by atoms with Crippen molar-refractivity contribution in [2.45, 2.75) is 63.2 Å². The summed E-state index contributed by atoms with van der Waals surface area (Å²) in [5, 5.41) is 11.7. The molecule has 3 aliphatic heterocycles. The topological polar surface area (TPSA) is 125 Å². The lowest BCUT2D eigenvalue weighted by atomic mass is 9.91. The summed E-state index contributed by atoms with van der Waals surface area (Å²) >= 11 is 0. The fourth-order valence-electron chi connectivity index (χ4n) is 7.58. The number of esters is 1. The smallest absolute Gasteiger partial charge is 0.410 e. The van der Waals surface area contributed by atoms with Crippen LogP contribution in [0.1, 0.15) is 45.6 Å². The number of carbonyl (C=O) groups excluding carboxylic acids is 2. The monoisotopic (exact) mass is 779 g/mol. The minimum absolute atomic E-state index is 0.105. The molecule has 14 heteroatoms. The van der Waals surface area contributed by atoms with Gasteiger partial charge in [-0.25, -0.2) is 17.6 Å². The summed E-state index contributed by atoms with van der Waals surface area (Å²) in [6, 6.07) is 11.8. The Balaban J connectivity index is 1.17. The molecule has 5 atom stereocenters. The van der Waals surface area contributed by atoms with Crippen LogP contribution in [0.2, 0.25) is 0 Å². The van der Waals surface area contributed by atoms with E-state index in [-0.39, 0.29) is 42.3 Å². The fourth-order valence-corrected chi connectivity index (χ4v) is 9.02. The van der Waals surface area contributed by atoms with E-state index < -0.39 is 40.1 Å². The first-order valence-corrected chi connectivity index (χ1v) is 20.6. The summed E-state index contributed by atoms with van der Waals surface area (Å²) in [6.07, 6.45) is 5.57. The number of halogens is 1. The quantitative estimate of drug-likeness (QED) is 0.263. The Morgan fingerprint density at radius 1 is 0.945 bits per heavy atom. The third-order valence-electron chi connectivity index (χ3n) is 11.1. The highest BCUT2D eigenvalue weighted by Gasteiger charge is 2.31. The molecule has 2 saturated heterocycles. The van der Waals surface area contributed by atoms with E-state index in [9.17, 15) is 23.1 Å². The van der Waals surface area contributed by atoms with E-state index in [0.29, 0.717) is 55.8 Å². The zero-order valence-electron chi connectivity index (χ0n) is 32.4. The largest absolute Gasteiger partial charge is 0.457 e. The van der Waals surface area contributed by atoms with Crippen molar-refractivity contribution in [2.75, 3.05) is 64.3 Å². The predicted molar refractivity (Wildman–Crippen MR) is 210 cm³/mol. The van der Waals surface area contributed by atoms with E-state index in [1.165, 1.54) is 16.4 Å². The maximum absolute atomic E-state index is 15.2. The van der Waals surface area contributed by atoms with E-state index in [1.54, 1.807) is 23.1 Å². The van der Waals surface area contributed by atoms with Gasteiger partial charge in [0.25, 0.3) is 0 Å². The van der Waals surface area contributed by atoms with Gasteiger partial charge in [-0.2, -0.15) is 4.31 Å². The molecule has 0 spiro atoms. The Kier molecular flexibility index (Phi) is 12.7. The number of benzene rings is 2. The summed E-state index contributed by atoms with van der Waals surface area (Å²) in [6.45, 7) is 9.65. The number of piperazine rings is 2. The van der Waals surface area contributed by atoms with Crippen molar-refractivity contribution in [3.05, 3.63) is 77.8 Å². The number of aromatic nitrogens is 1. The van der Waals surface area contributed by atoms with Crippen LogP contribution in [0.15, 0.2) is 71.3 Å². The molecule has 0 aliphatic carbocycles. The van der Waals surface area contributed by atoms with Gasteiger partial charge in [-0.3, -0.25) is 4.79 Å². The molecule has 0 saturated carbocycles. The first kappa shape index (κ1) is 40.4. The van der Waals surface area contributed by atoms with Crippen molar-refractivity contribution in [3.8, 4) is 0 Å². The van der Waals surface area contributed by atoms with Gasteiger partial charge >= 0.3 is 12.1 Å². The Bertz CT molecular complexity index is 2020. The number of aliphatic hydroxyl groups excluding tert-OH is 1. The fraction of sp³-hybridized carbons (Fsp3) is 0.512. The Morgan fingerprint density at radius 2 is 1.67 bits per heavy atom. The zero-order chi connectivity index (χ0) is 39.4. The van der Waals surface area contributed by atoms with Gasteiger partial charge < -0.3 is 33.8 Å². The minimum Gasteiger partial charge on any atom is -0.457 e. The molecule has 6 rings (SSSR count). The van der Waals surface area contributed by atoms with E-state index in [1.807, 2.05) is 80.9 Å². The van der Waals surface area contributed by atoms with E-state index in [4.69, 9.17) is 9.47 Å². The van der Waals surface area contributed by atoms with Gasteiger partial charge in [-0.15, -0.1) is 0 Å². The number of sulfonamides is 1. The maximum atomic E-state index is 15.2. The standard InChI is InChI=1S/C41H54FN5O7S/c1-28-6-9-35(48)26-39(49)54-40(29(2)7-11-38(28)53-41(50)46-16-14-43(4)15-17-46)30(3)22-31-23-33(42)25-34(24-31)45-18-20-47(21-19-45)55(51,52)36-10-8-32-12-13-44(5)37(32)27-36/h7-8,10-13,22-25,27-29,35,38,40,48H,6,9,14-21,26H2,1-5H3/b11-7+,30-22+/t28-,29-,35+,38-,40-/m0/s1. The lowest BCUT2D eigenvalue weighted by Gasteiger charge is -2.35. The van der Waals surface area contributed by atoms with Crippen LogP contribution in [0.5, 0.6) is 0 Å². The average molecular weight is 780 g/mol. The number of ether oxygens (including phenoxy) is 2. The molecule has 0 unspecified atom stereocenters. The molecule has 2 fully saturated rings. The van der Waals surface area contributed by atoms with E-state index in [2.05, 4.69) is 4.90 Å². The van der Waals surface area contributed by atoms with Crippen LogP contribution in [-0.4, -0.2) is 122 Å². The van der Waals surface area contributed by atoms with Crippen molar-refractivity contribution in [3.63, 3.8) is 0 Å². The summed E-state index contributed by atoms with van der Waals surface area (Å²) in [7, 11) is 0.173. The molecule has 1 amide bonds. The van der Waals surface area contributed by atoms with Crippen molar-refractivity contribution in [1.29, 1.82) is 0 Å². The molecule has 298 valence electrons. The first-order chi connectivity index (χ1) is 26.2. The van der Waals surface area contributed by atoms with Crippen LogP contribution in [0.4, 0.5) is 14.9 Å². The SMILES string of the molecule is C/C(=C\c1cc(F)cc(N2CCN(S(=O)(=O)c3ccc4ccn(C)c4c3)CC2)c1)[C@H]1OC(=O)C[C@H](O)CC[C@H](C)[C@@H](OC(=O)N2CCN(C)CC2)/C=C/[C@@H]1C. The molecule has 12 nitrogen and oxygen atoms in total. The molecule has 3 aliphatic rings. The molecule has 3 aromatic rings. The lowest BCUT2D eigenvalue weighted by Crippen LogP contribution is -2.48. The van der Waals surface area contributed by atoms with Gasteiger partial charge in [0.2, 0.25) is 10.0 Å². The number of aryl methyl sites for hydroxylation is 1. The number of nitrogens with zero attached hydrogens (tertiary/aromatic N) is 5. The number of likely N-dealkylation sites (N-methyl/N-ethyl adjacent to an activating group) is 1. The normalized spacial score (nSPS) is 26.3. The van der Waals surface area contributed by atoms with Crippen LogP contribution < -0.4 is 4.90 Å². The molecular weight excluding hydrogens is 726 g/mol. The number of aliphatic hydroxyl groups is 1. The highest BCUT2D eigenvalue weighted by molar-refractivity contribution is 7.89. The van der Waals surface area contributed by atoms with Crippen LogP contribution >= 0.6 is 0 Å². The van der Waals surface area contributed by atoms with Crippen molar-refractivity contribution in [2.24, 2.45) is 18.9 Å². The van der Waals surface area contributed by atoms with Crippen LogP contribution in [0.3, 0.4) is 0 Å². The van der Waals surface area contributed by atoms with Gasteiger partial charge in [-0.05, 0) is 91.7 Å². The molecule has 4 heterocycles. The van der Waals surface area contributed by atoms with Crippen LogP contribution in [0.25, 0.3) is 17.0 Å². The molecule has 2 aromatic carbocycles. The highest BCUT2D eigenvalue weighted by atomic mass is 32.2. The maximum Gasteiger partial charge on any atom is 0.410 e. The third-order valence-corrected chi connectivity index (χ3v) is 13.0. The van der Waals surface area contributed by atoms with E-state index in [0.717, 1.165) is 24.0 Å². The molecule has 0 bridgehead atoms. The van der Waals surface area contributed by atoms with Gasteiger partial charge in [0.15, 0.2) is 0 Å². The average Bonchev–Trinajstić information content (AvgIpc) is 3.53. The Morgan fingerprint density at radius 3 is 2.40 bits per heavy atom. The number of anilines is 1. The number of amides is 1. The highest BCUT2D eigenvalue weighted by Crippen LogP contribution is 2.29. The number of fused-ring (bicyclic) bond motifs is 1. The molecular formula is C41H54FN5O7S. The number of cyclic esters (lactones) is 1. The molecule has 1 aromatic heterocycles. The van der Waals surface area contributed by atoms with Crippen LogP contribution in [-0.2, 0) is 31.3 Å². The van der Waals surface area contributed by atoms with Gasteiger partial charge in [0.1, 0.15) is 18.0 Å². The second kappa shape index (κ2) is 17.3. The zero-order valence-corrected chi connectivity index (χ0v) is 33.3. The van der Waals surface area contributed by atoms with Crippen LogP contribution in [0, 0.1) is 17.7 Å². The molecule has 55 heavy (non-hydrogen) atoms. The number of hydrogen-bond donors (Lipinski definition) is 1. The van der Waals surface area contributed by atoms with Crippen molar-refractivity contribution < 1.29 is 37.0 Å². The second-order valence-electron chi connectivity index (χ2n) is 15.4. The number of hydrogen-bond acceptors (Lipinski definition) is 9. The summed E-state index contributed by atoms with van der Waals surface area (Å²) < 4.78 is 57.7. The molecule has 0 radical (unpaired) electrons.